The van der Waals surface area contributed by atoms with Crippen LogP contribution >= 0.6 is 0 Å². The van der Waals surface area contributed by atoms with Gasteiger partial charge in [-0.1, -0.05) is 54.5 Å². The van der Waals surface area contributed by atoms with Crippen molar-refractivity contribution in [1.29, 1.82) is 5.26 Å². The van der Waals surface area contributed by atoms with E-state index in [-0.39, 0.29) is 5.91 Å². The Morgan fingerprint density at radius 2 is 1.77 bits per heavy atom. The predicted molar refractivity (Wildman–Crippen MR) is 111 cm³/mol. The molecule has 0 spiro atoms. The van der Waals surface area contributed by atoms with Crippen LogP contribution in [-0.4, -0.2) is 12.5 Å². The molecule has 1 unspecified atom stereocenters. The van der Waals surface area contributed by atoms with Gasteiger partial charge >= 0.3 is 0 Å². The molecule has 26 heavy (non-hydrogen) atoms. The van der Waals surface area contributed by atoms with Gasteiger partial charge in [0.2, 0.25) is 5.91 Å². The number of hydrogen-bond donors (Lipinski definition) is 1. The molecule has 1 aliphatic heterocycles. The van der Waals surface area contributed by atoms with Crippen LogP contribution in [0.3, 0.4) is 0 Å². The number of aryl methyl sites for hydroxylation is 1. The highest BCUT2D eigenvalue weighted by Crippen LogP contribution is 2.40. The molecule has 146 valence electrons. The summed E-state index contributed by atoms with van der Waals surface area (Å²) >= 11 is 0. The van der Waals surface area contributed by atoms with E-state index in [9.17, 15) is 4.79 Å². The van der Waals surface area contributed by atoms with Crippen LogP contribution in [-0.2, 0) is 17.6 Å². The first-order chi connectivity index (χ1) is 12.4. The summed E-state index contributed by atoms with van der Waals surface area (Å²) in [7, 11) is 0. The first-order valence-electron chi connectivity index (χ1n) is 10.2. The number of rotatable bonds is 1. The van der Waals surface area contributed by atoms with E-state index < -0.39 is 0 Å². The van der Waals surface area contributed by atoms with Crippen molar-refractivity contribution < 1.29 is 4.79 Å². The maximum absolute atomic E-state index is 10.1. The van der Waals surface area contributed by atoms with Crippen LogP contribution in [0.4, 0.5) is 0 Å². The maximum Gasteiger partial charge on any atom is 0.220 e. The van der Waals surface area contributed by atoms with Crippen LogP contribution in [0.1, 0.15) is 84.4 Å². The molecule has 1 aromatic rings. The molecule has 0 radical (unpaired) electrons. The fraction of sp³-hybridized carbons (Fsp3) is 0.652. The molecule has 3 rings (SSSR count). The van der Waals surface area contributed by atoms with Crippen molar-refractivity contribution in [3.05, 3.63) is 34.9 Å². The fourth-order valence-corrected chi connectivity index (χ4v) is 3.10. The summed E-state index contributed by atoms with van der Waals surface area (Å²) in [5, 5.41) is 11.6. The summed E-state index contributed by atoms with van der Waals surface area (Å²) in [6, 6.07) is 8.38. The number of nitrogens with zero attached hydrogens (tertiary/aromatic N) is 1. The minimum absolute atomic E-state index is 0.204. The van der Waals surface area contributed by atoms with Gasteiger partial charge in [-0.25, -0.2) is 0 Å². The molecule has 3 nitrogen and oxygen atoms in total. The molecule has 1 heterocycles. The Kier molecular flexibility index (Phi) is 11.6. The van der Waals surface area contributed by atoms with Crippen molar-refractivity contribution in [3.8, 4) is 6.07 Å². The Labute approximate surface area is 161 Å². The average molecular weight is 359 g/mol. The summed E-state index contributed by atoms with van der Waals surface area (Å²) < 4.78 is 0. The summed E-state index contributed by atoms with van der Waals surface area (Å²) in [5.74, 6) is 0.922. The monoisotopic (exact) mass is 358 g/mol. The van der Waals surface area contributed by atoms with Crippen LogP contribution in [0.25, 0.3) is 0 Å². The van der Waals surface area contributed by atoms with Crippen LogP contribution in [0, 0.1) is 22.7 Å². The third kappa shape index (κ3) is 7.20. The largest absolute Gasteiger partial charge is 0.356 e. The van der Waals surface area contributed by atoms with Gasteiger partial charge in [0.25, 0.3) is 0 Å². The molecule has 1 fully saturated rings. The lowest BCUT2D eigenvalue weighted by Gasteiger charge is -2.38. The number of fused-ring (bicyclic) bond motifs is 1. The topological polar surface area (TPSA) is 52.9 Å². The van der Waals surface area contributed by atoms with E-state index in [1.807, 2.05) is 33.8 Å². The number of amides is 1. The number of carbonyl (C=O) groups is 1. The predicted octanol–water partition coefficient (Wildman–Crippen LogP) is 5.66. The number of hydrogen-bond acceptors (Lipinski definition) is 2. The van der Waals surface area contributed by atoms with Crippen molar-refractivity contribution in [2.24, 2.45) is 11.3 Å². The molecular weight excluding hydrogens is 320 g/mol. The standard InChI is InChI=1S/C15H19N.C4H7NO.2C2H6/c1-11(2)15(3)7-6-13-8-12(10-16)4-5-14(13)9-15;6-4-2-1-3-5-4;2*1-2/h4-5,8,11H,6-7,9H2,1-3H3;1-3H2,(H,5,6);2*1-2H3. The summed E-state index contributed by atoms with van der Waals surface area (Å²) in [5.41, 5.74) is 4.06. The molecule has 1 saturated heterocycles. The van der Waals surface area contributed by atoms with E-state index in [4.69, 9.17) is 5.26 Å². The first kappa shape index (κ1) is 24.2. The third-order valence-electron chi connectivity index (χ3n) is 5.19. The Balaban J connectivity index is 0.000000521. The number of benzene rings is 1. The highest BCUT2D eigenvalue weighted by molar-refractivity contribution is 5.77. The molecule has 1 aromatic carbocycles. The second-order valence-corrected chi connectivity index (χ2v) is 7.03. The van der Waals surface area contributed by atoms with E-state index in [1.165, 1.54) is 17.5 Å². The summed E-state index contributed by atoms with van der Waals surface area (Å²) in [6.07, 6.45) is 5.29. The lowest BCUT2D eigenvalue weighted by molar-refractivity contribution is -0.119. The van der Waals surface area contributed by atoms with Crippen LogP contribution in [0.15, 0.2) is 18.2 Å². The van der Waals surface area contributed by atoms with Gasteiger partial charge < -0.3 is 5.32 Å². The Morgan fingerprint density at radius 1 is 1.12 bits per heavy atom. The number of carbonyl (C=O) groups excluding carboxylic acids is 1. The second-order valence-electron chi connectivity index (χ2n) is 7.03. The van der Waals surface area contributed by atoms with E-state index >= 15 is 0 Å². The lowest BCUT2D eigenvalue weighted by Crippen LogP contribution is -2.30. The molecule has 2 aliphatic rings. The maximum atomic E-state index is 10.1. The Morgan fingerprint density at radius 3 is 2.19 bits per heavy atom. The Hall–Kier alpha value is -1.82. The molecule has 0 aromatic heterocycles. The number of nitriles is 1. The number of nitrogens with one attached hydrogen (secondary N) is 1. The third-order valence-corrected chi connectivity index (χ3v) is 5.19. The van der Waals surface area contributed by atoms with Gasteiger partial charge in [0.1, 0.15) is 0 Å². The average Bonchev–Trinajstić information content (AvgIpc) is 3.16. The second kappa shape index (κ2) is 12.5. The van der Waals surface area contributed by atoms with Crippen molar-refractivity contribution in [2.45, 2.75) is 80.6 Å². The van der Waals surface area contributed by atoms with Crippen LogP contribution in [0.5, 0.6) is 0 Å². The molecule has 0 saturated carbocycles. The minimum atomic E-state index is 0.204. The Bertz CT molecular complexity index is 578. The fourth-order valence-electron chi connectivity index (χ4n) is 3.10. The van der Waals surface area contributed by atoms with Gasteiger partial charge in [0.15, 0.2) is 0 Å². The zero-order valence-corrected chi connectivity index (χ0v) is 17.9. The quantitative estimate of drug-likeness (QED) is 0.704. The molecule has 1 atom stereocenters. The van der Waals surface area contributed by atoms with E-state index in [2.05, 4.69) is 44.3 Å². The molecule has 0 bridgehead atoms. The molecular formula is C23H38N2O. The van der Waals surface area contributed by atoms with Gasteiger partial charge in [-0.05, 0) is 60.3 Å². The lowest BCUT2D eigenvalue weighted by atomic mass is 9.66. The van der Waals surface area contributed by atoms with Crippen molar-refractivity contribution in [1.82, 2.24) is 5.32 Å². The van der Waals surface area contributed by atoms with Gasteiger partial charge in [0.05, 0.1) is 11.6 Å². The van der Waals surface area contributed by atoms with Crippen molar-refractivity contribution in [3.63, 3.8) is 0 Å². The van der Waals surface area contributed by atoms with Crippen LogP contribution < -0.4 is 5.32 Å². The van der Waals surface area contributed by atoms with E-state index in [0.29, 0.717) is 5.41 Å². The summed E-state index contributed by atoms with van der Waals surface area (Å²) in [4.78, 5) is 10.1. The van der Waals surface area contributed by atoms with Crippen molar-refractivity contribution in [2.75, 3.05) is 6.54 Å². The first-order valence-corrected chi connectivity index (χ1v) is 10.2. The van der Waals surface area contributed by atoms with Crippen molar-refractivity contribution >= 4 is 5.91 Å². The normalized spacial score (nSPS) is 20.0. The van der Waals surface area contributed by atoms with E-state index in [0.717, 1.165) is 43.7 Å². The van der Waals surface area contributed by atoms with Crippen LogP contribution in [0.2, 0.25) is 0 Å². The van der Waals surface area contributed by atoms with Gasteiger partial charge in [0, 0.05) is 13.0 Å². The molecule has 3 heteroatoms. The van der Waals surface area contributed by atoms with Gasteiger partial charge in [-0.2, -0.15) is 5.26 Å². The summed E-state index contributed by atoms with van der Waals surface area (Å²) in [6.45, 7) is 15.9. The highest BCUT2D eigenvalue weighted by atomic mass is 16.1. The SMILES string of the molecule is CC.CC.CC(C)C1(C)CCc2cc(C#N)ccc2C1.O=C1CCCN1. The van der Waals surface area contributed by atoms with Gasteiger partial charge in [-0.3, -0.25) is 4.79 Å². The molecule has 1 aliphatic carbocycles. The van der Waals surface area contributed by atoms with E-state index in [1.54, 1.807) is 0 Å². The zero-order chi connectivity index (χ0) is 20.2. The molecule has 1 amide bonds. The smallest absolute Gasteiger partial charge is 0.220 e. The highest BCUT2D eigenvalue weighted by Gasteiger charge is 2.32. The molecule has 1 N–H and O–H groups in total. The zero-order valence-electron chi connectivity index (χ0n) is 17.9. The van der Waals surface area contributed by atoms with Gasteiger partial charge in [-0.15, -0.1) is 0 Å². The minimum Gasteiger partial charge on any atom is -0.356 e.